The van der Waals surface area contributed by atoms with Crippen LogP contribution in [0.2, 0.25) is 0 Å². The van der Waals surface area contributed by atoms with Crippen LogP contribution >= 0.6 is 11.3 Å². The van der Waals surface area contributed by atoms with E-state index in [9.17, 15) is 18.0 Å². The van der Waals surface area contributed by atoms with Crippen LogP contribution in [0, 0.1) is 10.8 Å². The summed E-state index contributed by atoms with van der Waals surface area (Å²) in [6, 6.07) is 6.13. The number of likely N-dealkylation sites (N-methyl/N-ethyl adjacent to an activating group) is 1. The van der Waals surface area contributed by atoms with Gasteiger partial charge in [0.2, 0.25) is 10.0 Å². The molecule has 2 aromatic rings. The van der Waals surface area contributed by atoms with Crippen molar-refractivity contribution in [3.63, 3.8) is 0 Å². The lowest BCUT2D eigenvalue weighted by molar-refractivity contribution is 0.0526. The molecule has 8 nitrogen and oxygen atoms in total. The molecule has 1 saturated heterocycles. The molecule has 10 heteroatoms. The van der Waals surface area contributed by atoms with E-state index in [1.165, 1.54) is 23.5 Å². The van der Waals surface area contributed by atoms with Crippen LogP contribution in [-0.2, 0) is 27.7 Å². The molecule has 5 rings (SSSR count). The number of rotatable bonds is 7. The molecule has 212 valence electrons. The predicted octanol–water partition coefficient (Wildman–Crippen LogP) is 5.14. The first kappa shape index (κ1) is 28.3. The van der Waals surface area contributed by atoms with Gasteiger partial charge in [-0.1, -0.05) is 27.7 Å². The average Bonchev–Trinajstić information content (AvgIpc) is 3.36. The number of nitrogens with one attached hydrogen (secondary N) is 1. The van der Waals surface area contributed by atoms with Crippen molar-refractivity contribution in [2.75, 3.05) is 31.6 Å². The number of fused-ring (bicyclic) bond motifs is 3. The molecule has 1 aliphatic carbocycles. The molecular formula is C29H39N3O5S2. The fourth-order valence-corrected chi connectivity index (χ4v) is 10.1. The van der Waals surface area contributed by atoms with Crippen LogP contribution in [0.4, 0.5) is 5.00 Å². The Morgan fingerprint density at radius 3 is 2.51 bits per heavy atom. The first-order valence-electron chi connectivity index (χ1n) is 13.8. The summed E-state index contributed by atoms with van der Waals surface area (Å²) < 4.78 is 34.2. The number of hydrogen-bond acceptors (Lipinski definition) is 7. The molecule has 1 aromatic heterocycles. The van der Waals surface area contributed by atoms with Gasteiger partial charge in [0.15, 0.2) is 0 Å². The normalized spacial score (nSPS) is 24.8. The van der Waals surface area contributed by atoms with Gasteiger partial charge in [-0.25, -0.2) is 13.2 Å². The molecule has 0 spiro atoms. The van der Waals surface area contributed by atoms with Gasteiger partial charge in [-0.2, -0.15) is 4.31 Å². The van der Waals surface area contributed by atoms with Gasteiger partial charge >= 0.3 is 5.97 Å². The first-order valence-corrected chi connectivity index (χ1v) is 16.1. The fourth-order valence-electron chi connectivity index (χ4n) is 7.01. The van der Waals surface area contributed by atoms with Crippen molar-refractivity contribution in [1.82, 2.24) is 9.21 Å². The van der Waals surface area contributed by atoms with Crippen molar-refractivity contribution < 1.29 is 22.7 Å². The highest BCUT2D eigenvalue weighted by Crippen LogP contribution is 2.53. The fraction of sp³-hybridized carbons (Fsp3) is 0.586. The highest BCUT2D eigenvalue weighted by Gasteiger charge is 2.53. The second-order valence-electron chi connectivity index (χ2n) is 12.3. The van der Waals surface area contributed by atoms with Crippen LogP contribution in [-0.4, -0.2) is 61.8 Å². The first-order chi connectivity index (χ1) is 18.4. The van der Waals surface area contributed by atoms with Crippen molar-refractivity contribution in [2.45, 2.75) is 77.8 Å². The Labute approximate surface area is 235 Å². The van der Waals surface area contributed by atoms with Crippen LogP contribution in [0.1, 0.15) is 85.0 Å². The minimum atomic E-state index is -3.68. The highest BCUT2D eigenvalue weighted by molar-refractivity contribution is 7.89. The lowest BCUT2D eigenvalue weighted by Gasteiger charge is -2.39. The molecule has 3 heterocycles. The number of amides is 1. The van der Waals surface area contributed by atoms with Gasteiger partial charge in [0.05, 0.1) is 17.1 Å². The lowest BCUT2D eigenvalue weighted by atomic mass is 9.65. The van der Waals surface area contributed by atoms with Gasteiger partial charge in [-0.3, -0.25) is 9.69 Å². The molecule has 3 aliphatic rings. The predicted molar refractivity (Wildman–Crippen MR) is 153 cm³/mol. The highest BCUT2D eigenvalue weighted by atomic mass is 32.2. The number of nitrogens with zero attached hydrogens (tertiary/aromatic N) is 2. The van der Waals surface area contributed by atoms with Crippen molar-refractivity contribution in [1.29, 1.82) is 0 Å². The van der Waals surface area contributed by atoms with E-state index in [0.29, 0.717) is 22.7 Å². The summed E-state index contributed by atoms with van der Waals surface area (Å²) in [4.78, 5) is 29.6. The second-order valence-corrected chi connectivity index (χ2v) is 15.3. The zero-order chi connectivity index (χ0) is 28.2. The Hall–Kier alpha value is -2.27. The Morgan fingerprint density at radius 2 is 1.85 bits per heavy atom. The largest absolute Gasteiger partial charge is 0.462 e. The SMILES string of the molecule is CCOC(=O)c1c(NC(=O)c2ccc(S(=O)(=O)N3CC4(C)CC3CC(C)(C)C4)cc2)sc2c1CCN(CC)C2. The number of hydrogen-bond donors (Lipinski definition) is 1. The minimum absolute atomic E-state index is 0.00140. The van der Waals surface area contributed by atoms with Crippen LogP contribution in [0.15, 0.2) is 29.2 Å². The number of esters is 1. The third kappa shape index (κ3) is 5.40. The van der Waals surface area contributed by atoms with Gasteiger partial charge in [-0.15, -0.1) is 11.3 Å². The van der Waals surface area contributed by atoms with Crippen molar-refractivity contribution in [3.05, 3.63) is 45.8 Å². The molecule has 2 bridgehead atoms. The maximum atomic E-state index is 13.6. The van der Waals surface area contributed by atoms with E-state index in [1.54, 1.807) is 23.4 Å². The number of thiophene rings is 1. The van der Waals surface area contributed by atoms with E-state index >= 15 is 0 Å². The monoisotopic (exact) mass is 573 g/mol. The summed E-state index contributed by atoms with van der Waals surface area (Å²) >= 11 is 1.41. The summed E-state index contributed by atoms with van der Waals surface area (Å²) in [5.74, 6) is -0.814. The van der Waals surface area contributed by atoms with Gasteiger partial charge in [0.25, 0.3) is 5.91 Å². The number of carbonyl (C=O) groups is 2. The molecule has 1 aromatic carbocycles. The van der Waals surface area contributed by atoms with Gasteiger partial charge < -0.3 is 10.1 Å². The molecule has 2 fully saturated rings. The molecule has 2 unspecified atom stereocenters. The molecular weight excluding hydrogens is 534 g/mol. The Bertz CT molecular complexity index is 1380. The van der Waals surface area contributed by atoms with E-state index in [4.69, 9.17) is 4.74 Å². The van der Waals surface area contributed by atoms with Crippen LogP contribution in [0.5, 0.6) is 0 Å². The number of ether oxygens (including phenoxy) is 1. The molecule has 0 radical (unpaired) electrons. The van der Waals surface area contributed by atoms with Crippen LogP contribution < -0.4 is 5.32 Å². The average molecular weight is 574 g/mol. The maximum Gasteiger partial charge on any atom is 0.341 e. The summed E-state index contributed by atoms with van der Waals surface area (Å²) in [6.45, 7) is 13.8. The quantitative estimate of drug-likeness (QED) is 0.461. The van der Waals surface area contributed by atoms with E-state index < -0.39 is 16.0 Å². The van der Waals surface area contributed by atoms with Crippen LogP contribution in [0.3, 0.4) is 0 Å². The Kier molecular flexibility index (Phi) is 7.45. The number of anilines is 1. The molecule has 1 saturated carbocycles. The third-order valence-electron chi connectivity index (χ3n) is 8.38. The topological polar surface area (TPSA) is 96.0 Å². The molecule has 39 heavy (non-hydrogen) atoms. The zero-order valence-corrected chi connectivity index (χ0v) is 25.1. The van der Waals surface area contributed by atoms with Crippen molar-refractivity contribution >= 4 is 38.2 Å². The third-order valence-corrected chi connectivity index (χ3v) is 11.4. The molecule has 1 N–H and O–H groups in total. The Morgan fingerprint density at radius 1 is 1.13 bits per heavy atom. The van der Waals surface area contributed by atoms with Gasteiger partial charge in [0, 0.05) is 36.1 Å². The van der Waals surface area contributed by atoms with Crippen LogP contribution in [0.25, 0.3) is 0 Å². The van der Waals surface area contributed by atoms with E-state index in [1.807, 2.05) is 0 Å². The van der Waals surface area contributed by atoms with E-state index in [2.05, 4.69) is 37.9 Å². The van der Waals surface area contributed by atoms with Gasteiger partial charge in [-0.05, 0) is 79.8 Å². The van der Waals surface area contributed by atoms with E-state index in [-0.39, 0.29) is 34.3 Å². The standard InChI is InChI=1S/C29H39N3O5S2/c1-6-31-13-12-22-23(16-31)38-26(24(22)27(34)37-7-2)30-25(33)19-8-10-21(11-9-19)39(35,36)32-18-29(5)15-20(32)14-28(3,4)17-29/h8-11,20H,6-7,12-18H2,1-5H3,(H,30,33). The smallest absolute Gasteiger partial charge is 0.341 e. The number of sulfonamides is 1. The number of carbonyl (C=O) groups excluding carboxylic acids is 2. The minimum Gasteiger partial charge on any atom is -0.462 e. The summed E-state index contributed by atoms with van der Waals surface area (Å²) in [6.07, 6.45) is 3.48. The summed E-state index contributed by atoms with van der Waals surface area (Å²) in [5.41, 5.74) is 1.83. The maximum absolute atomic E-state index is 13.6. The molecule has 2 aliphatic heterocycles. The zero-order valence-electron chi connectivity index (χ0n) is 23.5. The second kappa shape index (κ2) is 10.3. The summed E-state index contributed by atoms with van der Waals surface area (Å²) in [5, 5.41) is 3.40. The Balaban J connectivity index is 1.36. The number of benzene rings is 1. The van der Waals surface area contributed by atoms with Crippen molar-refractivity contribution in [3.8, 4) is 0 Å². The molecule has 2 atom stereocenters. The molecule has 1 amide bonds. The summed E-state index contributed by atoms with van der Waals surface area (Å²) in [7, 11) is -3.68. The van der Waals surface area contributed by atoms with Crippen molar-refractivity contribution in [2.24, 2.45) is 10.8 Å². The lowest BCUT2D eigenvalue weighted by Crippen LogP contribution is -2.37. The van der Waals surface area contributed by atoms with E-state index in [0.717, 1.165) is 55.8 Å². The van der Waals surface area contributed by atoms with Gasteiger partial charge in [0.1, 0.15) is 5.00 Å².